The number of carbonyl (C=O) groups is 6. The Labute approximate surface area is 382 Å². The maximum absolute atomic E-state index is 14.0. The molecule has 0 spiro atoms. The van der Waals surface area contributed by atoms with Gasteiger partial charge in [-0.25, -0.2) is 14.5 Å². The summed E-state index contributed by atoms with van der Waals surface area (Å²) in [5.74, 6) is -4.95. The van der Waals surface area contributed by atoms with E-state index in [1.165, 1.54) is 18.0 Å². The Bertz CT molecular complexity index is 2140. The second-order valence-corrected chi connectivity index (χ2v) is 17.6. The van der Waals surface area contributed by atoms with Crippen LogP contribution in [0.5, 0.6) is 0 Å². The highest BCUT2D eigenvalue weighted by atomic mass is 31.2. The molecule has 66 heavy (non-hydrogen) atoms. The number of phosphoric ester groups is 1. The zero-order valence-corrected chi connectivity index (χ0v) is 38.4. The van der Waals surface area contributed by atoms with Gasteiger partial charge < -0.3 is 60.8 Å². The highest BCUT2D eigenvalue weighted by Gasteiger charge is 2.37. The fourth-order valence-electron chi connectivity index (χ4n) is 7.31. The third-order valence-corrected chi connectivity index (χ3v) is 11.3. The lowest BCUT2D eigenvalue weighted by Crippen LogP contribution is -2.61. The van der Waals surface area contributed by atoms with E-state index in [1.54, 1.807) is 25.1 Å². The SMILES string of the molecule is CC(=O)N1CCC[C@H]1C(=O)N[C@@H](CC(C)C)C(=O)N[C@@H](Cc1cncn1CCCCCCO/N=C/c1ccc(-n2ccnc2)cc1)C(=O)N[C@@H](CO)C(=O)N[C@H](C(N)=O)[C@@H](C)OP(=O)(O)O. The van der Waals surface area contributed by atoms with Crippen LogP contribution in [-0.4, -0.2) is 137 Å². The molecule has 9 N–H and O–H groups in total. The van der Waals surface area contributed by atoms with Gasteiger partial charge in [0, 0.05) is 56.4 Å². The summed E-state index contributed by atoms with van der Waals surface area (Å²) in [7, 11) is -5.12. The number of hydrogen-bond acceptors (Lipinski definition) is 13. The molecule has 362 valence electrons. The first kappa shape index (κ1) is 52.6. The minimum absolute atomic E-state index is 0.101. The number of nitrogens with one attached hydrogen (secondary N) is 4. The van der Waals surface area contributed by atoms with Gasteiger partial charge in [-0.05, 0) is 69.1 Å². The lowest BCUT2D eigenvalue weighted by atomic mass is 10.0. The quantitative estimate of drug-likeness (QED) is 0.0219. The van der Waals surface area contributed by atoms with E-state index >= 15 is 0 Å². The number of likely N-dealkylation sites (tertiary alicyclic amines) is 1. The molecule has 0 bridgehead atoms. The molecule has 0 aliphatic carbocycles. The lowest BCUT2D eigenvalue weighted by Gasteiger charge is -2.28. The number of aryl methyl sites for hydroxylation is 1. The number of carbonyl (C=O) groups excluding carboxylic acids is 6. The smallest absolute Gasteiger partial charge is 0.396 e. The third-order valence-electron chi connectivity index (χ3n) is 10.7. The van der Waals surface area contributed by atoms with Crippen LogP contribution in [0.1, 0.15) is 83.9 Å². The molecule has 3 aromatic rings. The van der Waals surface area contributed by atoms with Gasteiger partial charge in [-0.15, -0.1) is 0 Å². The predicted molar refractivity (Wildman–Crippen MR) is 238 cm³/mol. The van der Waals surface area contributed by atoms with Crippen LogP contribution in [0.4, 0.5) is 0 Å². The predicted octanol–water partition coefficient (Wildman–Crippen LogP) is 0.194. The number of amides is 6. The molecule has 1 fully saturated rings. The Kier molecular flexibility index (Phi) is 20.4. The van der Waals surface area contributed by atoms with Crippen molar-refractivity contribution in [3.63, 3.8) is 0 Å². The molecule has 2 aromatic heterocycles. The van der Waals surface area contributed by atoms with E-state index in [9.17, 15) is 48.2 Å². The van der Waals surface area contributed by atoms with Crippen molar-refractivity contribution in [2.75, 3.05) is 19.8 Å². The van der Waals surface area contributed by atoms with Crippen LogP contribution in [0.2, 0.25) is 0 Å². The fourth-order valence-corrected chi connectivity index (χ4v) is 7.87. The zero-order chi connectivity index (χ0) is 48.4. The minimum Gasteiger partial charge on any atom is -0.396 e. The maximum atomic E-state index is 14.0. The van der Waals surface area contributed by atoms with E-state index in [2.05, 4.69) is 40.9 Å². The molecule has 3 heterocycles. The molecule has 1 aliphatic rings. The van der Waals surface area contributed by atoms with Crippen LogP contribution in [0.3, 0.4) is 0 Å². The third kappa shape index (κ3) is 16.8. The Morgan fingerprint density at radius 1 is 0.924 bits per heavy atom. The number of aliphatic hydroxyl groups is 1. The largest absolute Gasteiger partial charge is 0.469 e. The van der Waals surface area contributed by atoms with Gasteiger partial charge in [-0.1, -0.05) is 37.6 Å². The molecular formula is C42H62N11O12P. The molecule has 1 saturated heterocycles. The van der Waals surface area contributed by atoms with Crippen LogP contribution in [0.15, 0.2) is 60.7 Å². The van der Waals surface area contributed by atoms with Crippen molar-refractivity contribution >= 4 is 49.5 Å². The first-order chi connectivity index (χ1) is 31.4. The summed E-state index contributed by atoms with van der Waals surface area (Å²) in [6.45, 7) is 6.42. The van der Waals surface area contributed by atoms with Gasteiger partial charge in [0.2, 0.25) is 35.4 Å². The number of primary amides is 1. The van der Waals surface area contributed by atoms with Crippen molar-refractivity contribution in [2.45, 2.75) is 122 Å². The number of hydrogen-bond donors (Lipinski definition) is 8. The van der Waals surface area contributed by atoms with Gasteiger partial charge in [-0.2, -0.15) is 0 Å². The molecule has 0 radical (unpaired) electrons. The van der Waals surface area contributed by atoms with Crippen molar-refractivity contribution in [1.29, 1.82) is 0 Å². The number of unbranched alkanes of at least 4 members (excludes halogenated alkanes) is 3. The van der Waals surface area contributed by atoms with E-state index in [0.29, 0.717) is 38.2 Å². The zero-order valence-electron chi connectivity index (χ0n) is 37.5. The van der Waals surface area contributed by atoms with E-state index in [0.717, 1.165) is 43.9 Å². The average Bonchev–Trinajstić information content (AvgIpc) is 4.06. The average molecular weight is 944 g/mol. The van der Waals surface area contributed by atoms with Gasteiger partial charge in [0.25, 0.3) is 0 Å². The summed E-state index contributed by atoms with van der Waals surface area (Å²) >= 11 is 0. The summed E-state index contributed by atoms with van der Waals surface area (Å²) < 4.78 is 19.6. The number of nitrogens with zero attached hydrogens (tertiary/aromatic N) is 6. The molecule has 0 unspecified atom stereocenters. The highest BCUT2D eigenvalue weighted by molar-refractivity contribution is 7.46. The fraction of sp³-hybridized carbons (Fsp3) is 0.548. The Balaban J connectivity index is 1.41. The summed E-state index contributed by atoms with van der Waals surface area (Å²) in [6, 6.07) is 0.895. The number of aromatic nitrogens is 4. The topological polar surface area (TPSA) is 324 Å². The molecule has 1 aromatic carbocycles. The summed E-state index contributed by atoms with van der Waals surface area (Å²) in [4.78, 5) is 113. The second-order valence-electron chi connectivity index (χ2n) is 16.4. The van der Waals surface area contributed by atoms with Crippen LogP contribution >= 0.6 is 7.82 Å². The van der Waals surface area contributed by atoms with E-state index in [1.807, 2.05) is 53.4 Å². The Morgan fingerprint density at radius 3 is 2.24 bits per heavy atom. The van der Waals surface area contributed by atoms with Gasteiger partial charge in [-0.3, -0.25) is 33.3 Å². The van der Waals surface area contributed by atoms with Crippen LogP contribution in [-0.2, 0) is 55.7 Å². The van der Waals surface area contributed by atoms with Gasteiger partial charge in [0.15, 0.2) is 0 Å². The van der Waals surface area contributed by atoms with Gasteiger partial charge >= 0.3 is 7.82 Å². The highest BCUT2D eigenvalue weighted by Crippen LogP contribution is 2.38. The number of imidazole rings is 2. The summed E-state index contributed by atoms with van der Waals surface area (Å²) in [6.07, 6.45) is 12.5. The maximum Gasteiger partial charge on any atom is 0.469 e. The Hall–Kier alpha value is -6.00. The molecule has 24 heteroatoms. The van der Waals surface area contributed by atoms with Crippen molar-refractivity contribution in [3.8, 4) is 5.69 Å². The molecular weight excluding hydrogens is 882 g/mol. The van der Waals surface area contributed by atoms with Crippen LogP contribution in [0.25, 0.3) is 5.69 Å². The monoisotopic (exact) mass is 943 g/mol. The number of benzene rings is 1. The summed E-state index contributed by atoms with van der Waals surface area (Å²) in [5, 5.41) is 24.2. The van der Waals surface area contributed by atoms with Crippen LogP contribution in [0, 0.1) is 5.92 Å². The minimum atomic E-state index is -5.12. The van der Waals surface area contributed by atoms with Crippen molar-refractivity contribution in [1.82, 2.24) is 45.3 Å². The van der Waals surface area contributed by atoms with E-state index < -0.39 is 80.3 Å². The van der Waals surface area contributed by atoms with Crippen LogP contribution < -0.4 is 27.0 Å². The molecule has 23 nitrogen and oxygen atoms in total. The van der Waals surface area contributed by atoms with Crippen molar-refractivity contribution in [2.24, 2.45) is 16.8 Å². The normalized spacial score (nSPS) is 16.3. The van der Waals surface area contributed by atoms with Crippen molar-refractivity contribution in [3.05, 3.63) is 66.8 Å². The van der Waals surface area contributed by atoms with Gasteiger partial charge in [0.1, 0.15) is 36.8 Å². The molecule has 4 rings (SSSR count). The first-order valence-electron chi connectivity index (χ1n) is 21.7. The van der Waals surface area contributed by atoms with E-state index in [4.69, 9.17) is 10.6 Å². The molecule has 6 atom stereocenters. The lowest BCUT2D eigenvalue weighted by molar-refractivity contribution is -0.139. The summed E-state index contributed by atoms with van der Waals surface area (Å²) in [5.41, 5.74) is 7.74. The first-order valence-corrected chi connectivity index (χ1v) is 23.2. The second kappa shape index (κ2) is 25.6. The van der Waals surface area contributed by atoms with E-state index in [-0.39, 0.29) is 24.7 Å². The number of rotatable bonds is 27. The van der Waals surface area contributed by atoms with Gasteiger partial charge in [0.05, 0.1) is 31.6 Å². The molecule has 6 amide bonds. The molecule has 1 aliphatic heterocycles. The number of oxime groups is 1. The number of phosphoric acid groups is 1. The molecule has 0 saturated carbocycles. The van der Waals surface area contributed by atoms with Crippen molar-refractivity contribution < 1.29 is 57.6 Å². The number of nitrogens with two attached hydrogens (primary N) is 1. The number of aliphatic hydroxyl groups excluding tert-OH is 1. The Morgan fingerprint density at radius 2 is 1.61 bits per heavy atom. The standard InChI is InChI=1S/C42H62N11O12P/c1-27(2)20-33(48-42(60)36-10-9-17-53(36)29(4)55)39(57)47-34(40(58)49-35(24-54)41(59)50-37(38(43)56)28(3)65-66(61,62)63)21-32-23-45-26-51(32)16-7-5-6-8-19-64-46-22-30-11-13-31(14-12-30)52-18-15-44-25-52/h11-15,18,22-23,25-28,33-37,54H,5-10,16-17,19-21,24H2,1-4H3,(H2,43,56)(H,47,57)(H,48,60)(H,49,58)(H,50,59)(H2,61,62,63)/b46-22+/t28-,33+,34+,35+,36+,37+/m1/s1.